The lowest BCUT2D eigenvalue weighted by atomic mass is 9.91. The highest BCUT2D eigenvalue weighted by atomic mass is 16.5. The van der Waals surface area contributed by atoms with Crippen LogP contribution in [0.1, 0.15) is 32.0 Å². The molecule has 14 heavy (non-hydrogen) atoms. The van der Waals surface area contributed by atoms with E-state index in [0.29, 0.717) is 0 Å². The van der Waals surface area contributed by atoms with Gasteiger partial charge in [-0.25, -0.2) is 0 Å². The third-order valence-electron chi connectivity index (χ3n) is 1.95. The molecule has 0 aliphatic carbocycles. The number of nitrogens with zero attached hydrogens (tertiary/aromatic N) is 1. The first kappa shape index (κ1) is 10.8. The highest BCUT2D eigenvalue weighted by Gasteiger charge is 2.14. The fourth-order valence-corrected chi connectivity index (χ4v) is 1.09. The van der Waals surface area contributed by atoms with E-state index in [4.69, 9.17) is 4.74 Å². The molecule has 76 valence electrons. The molecule has 0 spiro atoms. The summed E-state index contributed by atoms with van der Waals surface area (Å²) in [7, 11) is 1.63. The Labute approximate surface area is 85.6 Å². The van der Waals surface area contributed by atoms with Crippen molar-refractivity contribution in [3.8, 4) is 0 Å². The molecule has 1 aromatic rings. The van der Waals surface area contributed by atoms with Crippen molar-refractivity contribution < 1.29 is 4.74 Å². The van der Waals surface area contributed by atoms with Crippen LogP contribution in [-0.2, 0) is 10.2 Å². The van der Waals surface area contributed by atoms with Gasteiger partial charge in [-0.2, -0.15) is 0 Å². The van der Waals surface area contributed by atoms with Crippen molar-refractivity contribution in [2.24, 2.45) is 0 Å². The van der Waals surface area contributed by atoms with Crippen LogP contribution in [0.25, 0.3) is 6.08 Å². The van der Waals surface area contributed by atoms with Crippen molar-refractivity contribution in [3.05, 3.63) is 35.8 Å². The van der Waals surface area contributed by atoms with Crippen molar-refractivity contribution in [2.75, 3.05) is 7.11 Å². The van der Waals surface area contributed by atoms with Gasteiger partial charge in [0.1, 0.15) is 0 Å². The number of hydrogen-bond acceptors (Lipinski definition) is 2. The van der Waals surface area contributed by atoms with Gasteiger partial charge in [0.15, 0.2) is 0 Å². The van der Waals surface area contributed by atoms with E-state index in [0.717, 1.165) is 11.3 Å². The first-order chi connectivity index (χ1) is 6.54. The zero-order valence-corrected chi connectivity index (χ0v) is 9.24. The Morgan fingerprint density at radius 2 is 2.00 bits per heavy atom. The third-order valence-corrected chi connectivity index (χ3v) is 1.95. The molecule has 0 atom stereocenters. The molecule has 0 N–H and O–H groups in total. The molecule has 0 saturated carbocycles. The van der Waals surface area contributed by atoms with Gasteiger partial charge in [-0.3, -0.25) is 4.98 Å². The second-order valence-electron chi connectivity index (χ2n) is 4.27. The molecule has 0 amide bonds. The number of methoxy groups -OCH3 is 1. The molecule has 1 aromatic heterocycles. The van der Waals surface area contributed by atoms with E-state index in [1.807, 2.05) is 18.3 Å². The molecule has 0 aliphatic rings. The van der Waals surface area contributed by atoms with E-state index in [1.165, 1.54) is 0 Å². The first-order valence-corrected chi connectivity index (χ1v) is 4.70. The Morgan fingerprint density at radius 1 is 1.29 bits per heavy atom. The molecule has 0 saturated heterocycles. The van der Waals surface area contributed by atoms with Gasteiger partial charge < -0.3 is 4.74 Å². The van der Waals surface area contributed by atoms with Crippen molar-refractivity contribution in [3.63, 3.8) is 0 Å². The van der Waals surface area contributed by atoms with E-state index in [-0.39, 0.29) is 5.41 Å². The van der Waals surface area contributed by atoms with E-state index in [2.05, 4.69) is 31.8 Å². The maximum absolute atomic E-state index is 4.83. The van der Waals surface area contributed by atoms with Crippen LogP contribution in [0.2, 0.25) is 0 Å². The lowest BCUT2D eigenvalue weighted by Crippen LogP contribution is -2.12. The standard InChI is InChI=1S/C12H17NO/c1-12(2,3)11-6-5-10(9-13-11)7-8-14-4/h5-9H,1-4H3/b8-7+. The van der Waals surface area contributed by atoms with Crippen LogP contribution in [-0.4, -0.2) is 12.1 Å². The predicted octanol–water partition coefficient (Wildman–Crippen LogP) is 3.00. The monoisotopic (exact) mass is 191 g/mol. The van der Waals surface area contributed by atoms with E-state index >= 15 is 0 Å². The van der Waals surface area contributed by atoms with Crippen LogP contribution >= 0.6 is 0 Å². The Hall–Kier alpha value is -1.31. The lowest BCUT2D eigenvalue weighted by Gasteiger charge is -2.17. The summed E-state index contributed by atoms with van der Waals surface area (Å²) >= 11 is 0. The molecule has 0 aliphatic heterocycles. The molecule has 0 radical (unpaired) electrons. The van der Waals surface area contributed by atoms with Gasteiger partial charge in [0.25, 0.3) is 0 Å². The smallest absolute Gasteiger partial charge is 0.0831 e. The summed E-state index contributed by atoms with van der Waals surface area (Å²) < 4.78 is 4.83. The molecule has 1 heterocycles. The van der Waals surface area contributed by atoms with Crippen LogP contribution in [0.15, 0.2) is 24.6 Å². The quantitative estimate of drug-likeness (QED) is 0.670. The highest BCUT2D eigenvalue weighted by molar-refractivity contribution is 5.46. The predicted molar refractivity (Wildman–Crippen MR) is 59.0 cm³/mol. The largest absolute Gasteiger partial charge is 0.504 e. The second kappa shape index (κ2) is 4.27. The lowest BCUT2D eigenvalue weighted by molar-refractivity contribution is 0.341. The molecule has 0 unspecified atom stereocenters. The van der Waals surface area contributed by atoms with E-state index < -0.39 is 0 Å². The Kier molecular flexibility index (Phi) is 3.28. The van der Waals surface area contributed by atoms with Gasteiger partial charge in [-0.1, -0.05) is 26.8 Å². The summed E-state index contributed by atoms with van der Waals surface area (Å²) in [4.78, 5) is 4.40. The highest BCUT2D eigenvalue weighted by Crippen LogP contribution is 2.19. The van der Waals surface area contributed by atoms with E-state index in [9.17, 15) is 0 Å². The van der Waals surface area contributed by atoms with Gasteiger partial charge in [0.2, 0.25) is 0 Å². The maximum Gasteiger partial charge on any atom is 0.0831 e. The summed E-state index contributed by atoms with van der Waals surface area (Å²) in [5, 5.41) is 0. The average Bonchev–Trinajstić information content (AvgIpc) is 2.14. The molecular weight excluding hydrogens is 174 g/mol. The van der Waals surface area contributed by atoms with Crippen LogP contribution in [0.3, 0.4) is 0 Å². The first-order valence-electron chi connectivity index (χ1n) is 4.70. The third kappa shape index (κ3) is 2.87. The normalized spacial score (nSPS) is 12.0. The van der Waals surface area contributed by atoms with Crippen molar-refractivity contribution in [1.29, 1.82) is 0 Å². The minimum atomic E-state index is 0.115. The second-order valence-corrected chi connectivity index (χ2v) is 4.27. The van der Waals surface area contributed by atoms with Gasteiger partial charge in [-0.15, -0.1) is 0 Å². The topological polar surface area (TPSA) is 22.1 Å². The molecule has 0 aromatic carbocycles. The summed E-state index contributed by atoms with van der Waals surface area (Å²) in [5.74, 6) is 0. The summed E-state index contributed by atoms with van der Waals surface area (Å²) in [6.07, 6.45) is 5.39. The van der Waals surface area contributed by atoms with Gasteiger partial charge in [-0.05, 0) is 17.7 Å². The van der Waals surface area contributed by atoms with Crippen molar-refractivity contribution in [1.82, 2.24) is 4.98 Å². The Morgan fingerprint density at radius 3 is 2.43 bits per heavy atom. The van der Waals surface area contributed by atoms with Crippen LogP contribution in [0, 0.1) is 0 Å². The molecule has 0 fully saturated rings. The van der Waals surface area contributed by atoms with Gasteiger partial charge in [0, 0.05) is 17.3 Å². The molecule has 2 nitrogen and oxygen atoms in total. The Bertz CT molecular complexity index is 306. The summed E-state index contributed by atoms with van der Waals surface area (Å²) in [6, 6.07) is 4.10. The van der Waals surface area contributed by atoms with E-state index in [1.54, 1.807) is 13.4 Å². The number of hydrogen-bond donors (Lipinski definition) is 0. The molecule has 0 bridgehead atoms. The van der Waals surface area contributed by atoms with Gasteiger partial charge >= 0.3 is 0 Å². The van der Waals surface area contributed by atoms with Crippen LogP contribution in [0.5, 0.6) is 0 Å². The van der Waals surface area contributed by atoms with Crippen LogP contribution in [0.4, 0.5) is 0 Å². The summed E-state index contributed by atoms with van der Waals surface area (Å²) in [5.41, 5.74) is 2.27. The van der Waals surface area contributed by atoms with Crippen molar-refractivity contribution in [2.45, 2.75) is 26.2 Å². The zero-order valence-electron chi connectivity index (χ0n) is 9.24. The van der Waals surface area contributed by atoms with Crippen LogP contribution < -0.4 is 0 Å². The maximum atomic E-state index is 4.83. The Balaban J connectivity index is 2.84. The summed E-state index contributed by atoms with van der Waals surface area (Å²) in [6.45, 7) is 6.46. The number of rotatable bonds is 2. The molecule has 2 heteroatoms. The molecule has 1 rings (SSSR count). The SMILES string of the molecule is CO/C=C/c1ccc(C(C)(C)C)nc1. The average molecular weight is 191 g/mol. The minimum absolute atomic E-state index is 0.115. The van der Waals surface area contributed by atoms with Gasteiger partial charge in [0.05, 0.1) is 13.4 Å². The zero-order chi connectivity index (χ0) is 10.6. The molecular formula is C12H17NO. The minimum Gasteiger partial charge on any atom is -0.504 e. The number of ether oxygens (including phenoxy) is 1. The number of aromatic nitrogens is 1. The fourth-order valence-electron chi connectivity index (χ4n) is 1.09. The number of pyridine rings is 1. The fraction of sp³-hybridized carbons (Fsp3) is 0.417. The van der Waals surface area contributed by atoms with Crippen molar-refractivity contribution >= 4 is 6.08 Å².